The molecule has 1 aromatic carbocycles. The Morgan fingerprint density at radius 3 is 2.73 bits per heavy atom. The zero-order valence-electron chi connectivity index (χ0n) is 8.43. The molecule has 0 spiro atoms. The fourth-order valence-corrected chi connectivity index (χ4v) is 1.63. The Labute approximate surface area is 96.8 Å². The molecule has 0 fully saturated rings. The minimum Gasteiger partial charge on any atom is -0.487 e. The maximum Gasteiger partial charge on any atom is 0.169 e. The van der Waals surface area contributed by atoms with E-state index in [4.69, 9.17) is 9.47 Å². The molecule has 0 unspecified atom stereocenters. The topological polar surface area (TPSA) is 18.5 Å². The Balaban J connectivity index is 2.83. The predicted molar refractivity (Wildman–Crippen MR) is 61.6 cm³/mol. The minimum absolute atomic E-state index is 0.206. The van der Waals surface area contributed by atoms with Crippen LogP contribution in [0, 0.1) is 5.82 Å². The van der Waals surface area contributed by atoms with E-state index in [1.807, 2.05) is 0 Å². The molecule has 0 saturated carbocycles. The predicted octanol–water partition coefficient (Wildman–Crippen LogP) is 3.26. The smallest absolute Gasteiger partial charge is 0.169 e. The van der Waals surface area contributed by atoms with Crippen LogP contribution in [-0.4, -0.2) is 20.3 Å². The molecule has 4 heteroatoms. The van der Waals surface area contributed by atoms with Crippen molar-refractivity contribution in [3.8, 4) is 5.75 Å². The van der Waals surface area contributed by atoms with E-state index in [9.17, 15) is 4.39 Å². The molecule has 82 valence electrons. The van der Waals surface area contributed by atoms with E-state index in [2.05, 4.69) is 22.5 Å². The number of benzene rings is 1. The van der Waals surface area contributed by atoms with Crippen molar-refractivity contribution in [3.63, 3.8) is 0 Å². The summed E-state index contributed by atoms with van der Waals surface area (Å²) in [6, 6.07) is 3.12. The van der Waals surface area contributed by atoms with Crippen molar-refractivity contribution in [3.05, 3.63) is 34.6 Å². The fraction of sp³-hybridized carbons (Fsp3) is 0.273. The summed E-state index contributed by atoms with van der Waals surface area (Å²) in [5.74, 6) is -0.201. The van der Waals surface area contributed by atoms with Gasteiger partial charge in [-0.2, -0.15) is 0 Å². The Kier molecular flexibility index (Phi) is 4.78. The quantitative estimate of drug-likeness (QED) is 0.768. The van der Waals surface area contributed by atoms with Gasteiger partial charge in [0.1, 0.15) is 6.61 Å². The highest BCUT2D eigenvalue weighted by Crippen LogP contribution is 2.29. The average molecular weight is 275 g/mol. The first kappa shape index (κ1) is 12.2. The second-order valence-electron chi connectivity index (χ2n) is 2.86. The zero-order valence-corrected chi connectivity index (χ0v) is 10.0. The fourth-order valence-electron chi connectivity index (χ4n) is 1.06. The Hall–Kier alpha value is -0.870. The van der Waals surface area contributed by atoms with Crippen molar-refractivity contribution >= 4 is 22.0 Å². The van der Waals surface area contributed by atoms with Crippen molar-refractivity contribution in [2.24, 2.45) is 0 Å². The van der Waals surface area contributed by atoms with Gasteiger partial charge in [0.05, 0.1) is 11.1 Å². The first-order valence-electron chi connectivity index (χ1n) is 4.42. The van der Waals surface area contributed by atoms with Crippen LogP contribution in [0.15, 0.2) is 23.2 Å². The van der Waals surface area contributed by atoms with E-state index in [0.29, 0.717) is 23.2 Å². The minimum atomic E-state index is -0.407. The van der Waals surface area contributed by atoms with E-state index in [1.165, 1.54) is 6.07 Å². The lowest BCUT2D eigenvalue weighted by Crippen LogP contribution is -2.06. The molecule has 0 heterocycles. The number of ether oxygens (including phenoxy) is 2. The highest BCUT2D eigenvalue weighted by atomic mass is 79.9. The average Bonchev–Trinajstić information content (AvgIpc) is 2.22. The summed E-state index contributed by atoms with van der Waals surface area (Å²) < 4.78 is 24.1. The van der Waals surface area contributed by atoms with Gasteiger partial charge in [0, 0.05) is 7.11 Å². The molecule has 0 amide bonds. The first-order valence-corrected chi connectivity index (χ1v) is 5.21. The third-order valence-corrected chi connectivity index (χ3v) is 2.38. The Morgan fingerprint density at radius 2 is 2.20 bits per heavy atom. The van der Waals surface area contributed by atoms with Crippen LogP contribution in [0.2, 0.25) is 0 Å². The van der Waals surface area contributed by atoms with Gasteiger partial charge < -0.3 is 9.47 Å². The largest absolute Gasteiger partial charge is 0.487 e. The molecule has 2 nitrogen and oxygen atoms in total. The second-order valence-corrected chi connectivity index (χ2v) is 3.71. The van der Waals surface area contributed by atoms with Crippen LogP contribution >= 0.6 is 15.9 Å². The molecule has 0 aliphatic carbocycles. The zero-order chi connectivity index (χ0) is 11.3. The van der Waals surface area contributed by atoms with Crippen LogP contribution in [0.25, 0.3) is 6.08 Å². The highest BCUT2D eigenvalue weighted by Gasteiger charge is 2.09. The Morgan fingerprint density at radius 1 is 1.47 bits per heavy atom. The van der Waals surface area contributed by atoms with Gasteiger partial charge in [-0.3, -0.25) is 0 Å². The van der Waals surface area contributed by atoms with Crippen LogP contribution in [0.4, 0.5) is 4.39 Å². The molecule has 0 aliphatic heterocycles. The van der Waals surface area contributed by atoms with Crippen molar-refractivity contribution in [2.45, 2.75) is 0 Å². The third kappa shape index (κ3) is 3.32. The van der Waals surface area contributed by atoms with Crippen molar-refractivity contribution in [1.82, 2.24) is 0 Å². The number of halogens is 2. The van der Waals surface area contributed by atoms with Crippen LogP contribution < -0.4 is 4.74 Å². The molecule has 15 heavy (non-hydrogen) atoms. The molecule has 0 atom stereocenters. The van der Waals surface area contributed by atoms with E-state index >= 15 is 0 Å². The lowest BCUT2D eigenvalue weighted by atomic mass is 10.2. The molecule has 0 aliphatic rings. The van der Waals surface area contributed by atoms with Crippen molar-refractivity contribution in [2.75, 3.05) is 20.3 Å². The summed E-state index contributed by atoms with van der Waals surface area (Å²) in [4.78, 5) is 0. The molecule has 0 radical (unpaired) electrons. The van der Waals surface area contributed by atoms with Gasteiger partial charge in [-0.25, -0.2) is 4.39 Å². The summed E-state index contributed by atoms with van der Waals surface area (Å²) >= 11 is 3.24. The number of hydrogen-bond acceptors (Lipinski definition) is 2. The van der Waals surface area contributed by atoms with Gasteiger partial charge in [-0.05, 0) is 33.6 Å². The second kappa shape index (κ2) is 5.88. The maximum absolute atomic E-state index is 13.5. The van der Waals surface area contributed by atoms with E-state index in [0.717, 1.165) is 0 Å². The van der Waals surface area contributed by atoms with Crippen LogP contribution in [-0.2, 0) is 4.74 Å². The van der Waals surface area contributed by atoms with Crippen LogP contribution in [0.3, 0.4) is 0 Å². The first-order chi connectivity index (χ1) is 7.19. The summed E-state index contributed by atoms with van der Waals surface area (Å²) in [6.45, 7) is 4.31. The van der Waals surface area contributed by atoms with Gasteiger partial charge in [-0.1, -0.05) is 12.7 Å². The molecule has 0 aromatic heterocycles. The number of methoxy groups -OCH3 is 1. The van der Waals surface area contributed by atoms with Crippen molar-refractivity contribution < 1.29 is 13.9 Å². The molecular weight excluding hydrogens is 263 g/mol. The van der Waals surface area contributed by atoms with Gasteiger partial charge in [-0.15, -0.1) is 0 Å². The van der Waals surface area contributed by atoms with Gasteiger partial charge >= 0.3 is 0 Å². The third-order valence-electron chi connectivity index (χ3n) is 1.79. The van der Waals surface area contributed by atoms with Gasteiger partial charge in [0.2, 0.25) is 0 Å². The van der Waals surface area contributed by atoms with E-state index in [-0.39, 0.29) is 5.75 Å². The number of rotatable bonds is 5. The maximum atomic E-state index is 13.5. The van der Waals surface area contributed by atoms with Crippen LogP contribution in [0.5, 0.6) is 5.75 Å². The van der Waals surface area contributed by atoms with Gasteiger partial charge in [0.25, 0.3) is 0 Å². The normalized spacial score (nSPS) is 10.1. The molecule has 1 aromatic rings. The molecular formula is C11H12BrFO2. The molecule has 1 rings (SSSR count). The van der Waals surface area contributed by atoms with Crippen LogP contribution in [0.1, 0.15) is 5.56 Å². The standard InChI is InChI=1S/C11H12BrFO2/c1-3-8-6-9(12)11(10(13)7-8)15-5-4-14-2/h3,6-7H,1,4-5H2,2H3. The molecule has 0 saturated heterocycles. The summed E-state index contributed by atoms with van der Waals surface area (Å²) in [7, 11) is 1.57. The lowest BCUT2D eigenvalue weighted by molar-refractivity contribution is 0.143. The lowest BCUT2D eigenvalue weighted by Gasteiger charge is -2.09. The highest BCUT2D eigenvalue weighted by molar-refractivity contribution is 9.10. The Bertz CT molecular complexity index is 329. The van der Waals surface area contributed by atoms with E-state index in [1.54, 1.807) is 19.3 Å². The summed E-state index contributed by atoms with van der Waals surface area (Å²) in [6.07, 6.45) is 1.58. The van der Waals surface area contributed by atoms with E-state index < -0.39 is 5.82 Å². The summed E-state index contributed by atoms with van der Waals surface area (Å²) in [5, 5.41) is 0. The monoisotopic (exact) mass is 274 g/mol. The molecule has 0 bridgehead atoms. The van der Waals surface area contributed by atoms with Crippen molar-refractivity contribution in [1.29, 1.82) is 0 Å². The SMILES string of the molecule is C=Cc1cc(F)c(OCCOC)c(Br)c1. The number of hydrogen-bond donors (Lipinski definition) is 0. The summed E-state index contributed by atoms with van der Waals surface area (Å²) in [5.41, 5.74) is 0.707. The van der Waals surface area contributed by atoms with Gasteiger partial charge in [0.15, 0.2) is 11.6 Å². The molecule has 0 N–H and O–H groups in total.